The molecule has 2 aromatic rings. The molecule has 2 aliphatic heterocycles. The van der Waals surface area contributed by atoms with Crippen molar-refractivity contribution >= 4 is 23.3 Å². The van der Waals surface area contributed by atoms with Crippen LogP contribution in [-0.2, 0) is 19.3 Å². The molecule has 8 nitrogen and oxygen atoms in total. The Balaban J connectivity index is 1.16. The third kappa shape index (κ3) is 5.57. The van der Waals surface area contributed by atoms with Crippen molar-refractivity contribution in [2.75, 3.05) is 36.0 Å². The Bertz CT molecular complexity index is 889. The van der Waals surface area contributed by atoms with E-state index in [9.17, 15) is 9.59 Å². The van der Waals surface area contributed by atoms with Crippen molar-refractivity contribution in [1.82, 2.24) is 11.0 Å². The van der Waals surface area contributed by atoms with Gasteiger partial charge in [-0.2, -0.15) is 0 Å². The van der Waals surface area contributed by atoms with Crippen LogP contribution in [0.4, 0.5) is 11.4 Å². The molecule has 4 rings (SSSR count). The fourth-order valence-electron chi connectivity index (χ4n) is 4.19. The van der Waals surface area contributed by atoms with Crippen LogP contribution in [-0.4, -0.2) is 50.2 Å². The van der Waals surface area contributed by atoms with Crippen molar-refractivity contribution in [2.24, 2.45) is 0 Å². The zero-order chi connectivity index (χ0) is 22.5. The van der Waals surface area contributed by atoms with Crippen molar-refractivity contribution in [2.45, 2.75) is 38.8 Å². The van der Waals surface area contributed by atoms with E-state index in [1.54, 1.807) is 0 Å². The van der Waals surface area contributed by atoms with Crippen molar-refractivity contribution in [3.63, 3.8) is 0 Å². The van der Waals surface area contributed by atoms with Gasteiger partial charge in [-0.15, -0.1) is 11.0 Å². The van der Waals surface area contributed by atoms with Crippen molar-refractivity contribution < 1.29 is 19.3 Å². The Morgan fingerprint density at radius 1 is 0.781 bits per heavy atom. The fourth-order valence-corrected chi connectivity index (χ4v) is 4.19. The van der Waals surface area contributed by atoms with E-state index in [0.29, 0.717) is 13.1 Å². The van der Waals surface area contributed by atoms with Gasteiger partial charge in [0, 0.05) is 37.6 Å². The van der Waals surface area contributed by atoms with Crippen molar-refractivity contribution in [3.8, 4) is 0 Å². The molecular formula is C24H30N4O4. The van der Waals surface area contributed by atoms with Gasteiger partial charge in [-0.25, -0.2) is 9.59 Å². The van der Waals surface area contributed by atoms with Gasteiger partial charge < -0.3 is 19.5 Å². The van der Waals surface area contributed by atoms with Gasteiger partial charge in [0.1, 0.15) is 0 Å². The number of aryl methyl sites for hydroxylation is 2. The maximum Gasteiger partial charge on any atom is 0.437 e. The fraction of sp³-hybridized carbons (Fsp3) is 0.417. The highest BCUT2D eigenvalue weighted by Crippen LogP contribution is 2.22. The minimum absolute atomic E-state index is 0.0436. The molecule has 0 aromatic heterocycles. The highest BCUT2D eigenvalue weighted by molar-refractivity contribution is 6.29. The number of rotatable bonds is 6. The van der Waals surface area contributed by atoms with E-state index >= 15 is 0 Å². The van der Waals surface area contributed by atoms with Crippen LogP contribution < -0.4 is 20.8 Å². The number of hydroxylamine groups is 2. The van der Waals surface area contributed by atoms with Crippen LogP contribution in [0.5, 0.6) is 0 Å². The number of hydrogen-bond donors (Lipinski definition) is 2. The molecule has 2 aromatic carbocycles. The lowest BCUT2D eigenvalue weighted by Crippen LogP contribution is -2.40. The van der Waals surface area contributed by atoms with E-state index in [-0.39, 0.29) is 12.1 Å². The van der Waals surface area contributed by atoms with Gasteiger partial charge >= 0.3 is 11.9 Å². The lowest BCUT2D eigenvalue weighted by molar-refractivity contribution is -0.178. The maximum atomic E-state index is 12.0. The van der Waals surface area contributed by atoms with Crippen LogP contribution in [0.1, 0.15) is 24.0 Å². The standard InChI is InChI=1S/C24H30N4O4/c1-17-5-3-7-21(13-17)27-11-9-19(15-27)25-31-23(29)24(30)32-26-20-10-12-28(16-20)22-8-4-6-18(2)14-22/h3-8,13-14,19-20,25-26H,9-12,15-16H2,1-2H3. The van der Waals surface area contributed by atoms with Gasteiger partial charge in [0.2, 0.25) is 0 Å². The Morgan fingerprint density at radius 3 is 1.62 bits per heavy atom. The molecule has 2 atom stereocenters. The zero-order valence-corrected chi connectivity index (χ0v) is 18.5. The maximum absolute atomic E-state index is 12.0. The van der Waals surface area contributed by atoms with Crippen LogP contribution in [0.2, 0.25) is 0 Å². The van der Waals surface area contributed by atoms with Gasteiger partial charge in [0.05, 0.1) is 12.1 Å². The third-order valence-electron chi connectivity index (χ3n) is 5.91. The largest absolute Gasteiger partial charge is 0.437 e. The summed E-state index contributed by atoms with van der Waals surface area (Å²) in [4.78, 5) is 38.4. The molecule has 170 valence electrons. The smallest absolute Gasteiger partial charge is 0.370 e. The summed E-state index contributed by atoms with van der Waals surface area (Å²) >= 11 is 0. The van der Waals surface area contributed by atoms with E-state index < -0.39 is 11.9 Å². The molecule has 32 heavy (non-hydrogen) atoms. The first-order chi connectivity index (χ1) is 15.5. The number of anilines is 2. The molecule has 0 aliphatic carbocycles. The van der Waals surface area contributed by atoms with E-state index in [2.05, 4.69) is 71.0 Å². The molecule has 2 N–H and O–H groups in total. The predicted octanol–water partition coefficient (Wildman–Crippen LogP) is 2.26. The molecule has 0 bridgehead atoms. The summed E-state index contributed by atoms with van der Waals surface area (Å²) in [5.41, 5.74) is 10.1. The Labute approximate surface area is 188 Å². The summed E-state index contributed by atoms with van der Waals surface area (Å²) < 4.78 is 0. The molecule has 0 radical (unpaired) electrons. The van der Waals surface area contributed by atoms with Gasteiger partial charge in [0.25, 0.3) is 0 Å². The number of carbonyl (C=O) groups is 2. The minimum Gasteiger partial charge on any atom is -0.370 e. The van der Waals surface area contributed by atoms with Gasteiger partial charge in [0.15, 0.2) is 0 Å². The first kappa shape index (κ1) is 22.1. The summed E-state index contributed by atoms with van der Waals surface area (Å²) in [6, 6.07) is 16.5. The highest BCUT2D eigenvalue weighted by Gasteiger charge is 2.28. The Kier molecular flexibility index (Phi) is 6.92. The first-order valence-corrected chi connectivity index (χ1v) is 11.0. The lowest BCUT2D eigenvalue weighted by Gasteiger charge is -2.19. The quantitative estimate of drug-likeness (QED) is 0.525. The third-order valence-corrected chi connectivity index (χ3v) is 5.91. The zero-order valence-electron chi connectivity index (χ0n) is 18.5. The van der Waals surface area contributed by atoms with Gasteiger partial charge in [-0.05, 0) is 62.1 Å². The Morgan fingerprint density at radius 2 is 1.22 bits per heavy atom. The number of benzene rings is 2. The first-order valence-electron chi connectivity index (χ1n) is 11.0. The SMILES string of the molecule is Cc1cccc(N2CCC(NOC(=O)C(=O)ONC3CCN(c4cccc(C)c4)C3)C2)c1. The van der Waals surface area contributed by atoms with Gasteiger partial charge in [-0.3, -0.25) is 0 Å². The number of carbonyl (C=O) groups excluding carboxylic acids is 2. The highest BCUT2D eigenvalue weighted by atomic mass is 16.7. The van der Waals surface area contributed by atoms with E-state index in [1.165, 1.54) is 11.1 Å². The van der Waals surface area contributed by atoms with E-state index in [1.807, 2.05) is 12.1 Å². The summed E-state index contributed by atoms with van der Waals surface area (Å²) in [6.45, 7) is 7.21. The molecule has 2 heterocycles. The lowest BCUT2D eigenvalue weighted by atomic mass is 10.2. The topological polar surface area (TPSA) is 83.1 Å². The van der Waals surface area contributed by atoms with Crippen LogP contribution in [0, 0.1) is 13.8 Å². The Hall–Kier alpha value is -3.10. The number of hydrogen-bond acceptors (Lipinski definition) is 8. The van der Waals surface area contributed by atoms with E-state index in [0.717, 1.165) is 37.3 Å². The van der Waals surface area contributed by atoms with Crippen LogP contribution in [0.3, 0.4) is 0 Å². The summed E-state index contributed by atoms with van der Waals surface area (Å²) in [7, 11) is 0. The number of nitrogens with one attached hydrogen (secondary N) is 2. The second-order valence-corrected chi connectivity index (χ2v) is 8.56. The molecular weight excluding hydrogens is 408 g/mol. The average Bonchev–Trinajstić information content (AvgIpc) is 3.46. The summed E-state index contributed by atoms with van der Waals surface area (Å²) in [5.74, 6) is -2.11. The number of nitrogens with zero attached hydrogens (tertiary/aromatic N) is 2. The van der Waals surface area contributed by atoms with Crippen LogP contribution in [0.25, 0.3) is 0 Å². The molecule has 0 amide bonds. The molecule has 0 saturated carbocycles. The molecule has 0 spiro atoms. The van der Waals surface area contributed by atoms with Crippen molar-refractivity contribution in [3.05, 3.63) is 59.7 Å². The normalized spacial score (nSPS) is 20.4. The van der Waals surface area contributed by atoms with Crippen molar-refractivity contribution in [1.29, 1.82) is 0 Å². The summed E-state index contributed by atoms with van der Waals surface area (Å²) in [6.07, 6.45) is 1.62. The minimum atomic E-state index is -1.06. The molecule has 2 fully saturated rings. The van der Waals surface area contributed by atoms with E-state index in [4.69, 9.17) is 9.68 Å². The second-order valence-electron chi connectivity index (χ2n) is 8.56. The van der Waals surface area contributed by atoms with Gasteiger partial charge in [-0.1, -0.05) is 24.3 Å². The van der Waals surface area contributed by atoms with Crippen LogP contribution >= 0.6 is 0 Å². The second kappa shape index (κ2) is 10.0. The molecule has 2 unspecified atom stereocenters. The summed E-state index contributed by atoms with van der Waals surface area (Å²) in [5, 5.41) is 0. The predicted molar refractivity (Wildman–Crippen MR) is 122 cm³/mol. The monoisotopic (exact) mass is 438 g/mol. The molecule has 2 aliphatic rings. The molecule has 8 heteroatoms. The van der Waals surface area contributed by atoms with Crippen LogP contribution in [0.15, 0.2) is 48.5 Å². The molecule has 2 saturated heterocycles. The average molecular weight is 439 g/mol.